The van der Waals surface area contributed by atoms with Crippen LogP contribution >= 0.6 is 23.2 Å². The molecule has 0 aliphatic carbocycles. The van der Waals surface area contributed by atoms with Gasteiger partial charge < -0.3 is 11.1 Å². The molecule has 0 saturated heterocycles. The van der Waals surface area contributed by atoms with Crippen LogP contribution in [0.25, 0.3) is 0 Å². The fourth-order valence-electron chi connectivity index (χ4n) is 1.49. The minimum Gasteiger partial charge on any atom is -0.323 e. The zero-order chi connectivity index (χ0) is 13.1. The molecule has 0 radical (unpaired) electrons. The van der Waals surface area contributed by atoms with Crippen molar-refractivity contribution >= 4 is 34.8 Å². The third kappa shape index (κ3) is 3.87. The molecule has 1 amide bonds. The SMILES string of the molecule is CCCC(C)(N)C(=O)Nc1ccc(Cl)cc1Cl. The van der Waals surface area contributed by atoms with Gasteiger partial charge in [-0.15, -0.1) is 0 Å². The van der Waals surface area contributed by atoms with E-state index in [1.54, 1.807) is 25.1 Å². The van der Waals surface area contributed by atoms with E-state index in [0.717, 1.165) is 6.42 Å². The van der Waals surface area contributed by atoms with E-state index in [9.17, 15) is 4.79 Å². The zero-order valence-corrected chi connectivity index (χ0v) is 11.4. The summed E-state index contributed by atoms with van der Waals surface area (Å²) >= 11 is 11.7. The van der Waals surface area contributed by atoms with E-state index in [-0.39, 0.29) is 5.91 Å². The highest BCUT2D eigenvalue weighted by Crippen LogP contribution is 2.26. The molecule has 94 valence electrons. The lowest BCUT2D eigenvalue weighted by Gasteiger charge is -2.23. The average molecular weight is 275 g/mol. The molecule has 3 N–H and O–H groups in total. The molecule has 0 saturated carbocycles. The van der Waals surface area contributed by atoms with Crippen LogP contribution in [-0.2, 0) is 4.79 Å². The number of hydrogen-bond donors (Lipinski definition) is 2. The number of amides is 1. The summed E-state index contributed by atoms with van der Waals surface area (Å²) in [6.45, 7) is 3.68. The molecule has 0 aliphatic rings. The first-order valence-electron chi connectivity index (χ1n) is 5.42. The van der Waals surface area contributed by atoms with Crippen molar-refractivity contribution in [1.29, 1.82) is 0 Å². The van der Waals surface area contributed by atoms with Gasteiger partial charge in [-0.05, 0) is 31.5 Å². The van der Waals surface area contributed by atoms with Gasteiger partial charge in [-0.2, -0.15) is 0 Å². The Balaban J connectivity index is 2.81. The van der Waals surface area contributed by atoms with Crippen LogP contribution in [0.2, 0.25) is 10.0 Å². The van der Waals surface area contributed by atoms with Crippen molar-refractivity contribution in [2.24, 2.45) is 5.73 Å². The topological polar surface area (TPSA) is 55.1 Å². The van der Waals surface area contributed by atoms with Gasteiger partial charge in [-0.3, -0.25) is 4.79 Å². The number of anilines is 1. The maximum absolute atomic E-state index is 11.9. The van der Waals surface area contributed by atoms with Crippen molar-refractivity contribution in [3.05, 3.63) is 28.2 Å². The lowest BCUT2D eigenvalue weighted by molar-refractivity contribution is -0.120. The molecule has 1 unspecified atom stereocenters. The Hall–Kier alpha value is -0.770. The number of carbonyl (C=O) groups excluding carboxylic acids is 1. The van der Waals surface area contributed by atoms with Gasteiger partial charge in [0.05, 0.1) is 16.2 Å². The number of benzene rings is 1. The highest BCUT2D eigenvalue weighted by molar-refractivity contribution is 6.36. The zero-order valence-electron chi connectivity index (χ0n) is 9.89. The molecule has 5 heteroatoms. The normalized spacial score (nSPS) is 14.2. The summed E-state index contributed by atoms with van der Waals surface area (Å²) in [5, 5.41) is 3.63. The van der Waals surface area contributed by atoms with E-state index >= 15 is 0 Å². The van der Waals surface area contributed by atoms with Gasteiger partial charge >= 0.3 is 0 Å². The second-order valence-electron chi connectivity index (χ2n) is 4.25. The molecule has 3 nitrogen and oxygen atoms in total. The summed E-state index contributed by atoms with van der Waals surface area (Å²) < 4.78 is 0. The van der Waals surface area contributed by atoms with Crippen LogP contribution in [0.3, 0.4) is 0 Å². The fraction of sp³-hybridized carbons (Fsp3) is 0.417. The highest BCUT2D eigenvalue weighted by Gasteiger charge is 2.27. The summed E-state index contributed by atoms with van der Waals surface area (Å²) in [6, 6.07) is 4.90. The van der Waals surface area contributed by atoms with E-state index in [1.807, 2.05) is 6.92 Å². The summed E-state index contributed by atoms with van der Waals surface area (Å²) in [7, 11) is 0. The maximum atomic E-state index is 11.9. The van der Waals surface area contributed by atoms with Gasteiger partial charge in [0.2, 0.25) is 5.91 Å². The van der Waals surface area contributed by atoms with Crippen LogP contribution in [0.5, 0.6) is 0 Å². The van der Waals surface area contributed by atoms with Crippen molar-refractivity contribution in [2.75, 3.05) is 5.32 Å². The molecule has 1 aromatic rings. The first-order chi connectivity index (χ1) is 7.86. The maximum Gasteiger partial charge on any atom is 0.244 e. The van der Waals surface area contributed by atoms with E-state index in [4.69, 9.17) is 28.9 Å². The summed E-state index contributed by atoms with van der Waals surface area (Å²) in [4.78, 5) is 11.9. The Morgan fingerprint density at radius 3 is 2.65 bits per heavy atom. The van der Waals surface area contributed by atoms with Crippen molar-refractivity contribution in [3.8, 4) is 0 Å². The molecular weight excluding hydrogens is 259 g/mol. The minimum absolute atomic E-state index is 0.247. The molecule has 0 bridgehead atoms. The first kappa shape index (κ1) is 14.3. The number of carbonyl (C=O) groups is 1. The second-order valence-corrected chi connectivity index (χ2v) is 5.09. The molecule has 0 aliphatic heterocycles. The minimum atomic E-state index is -0.891. The van der Waals surface area contributed by atoms with Gasteiger partial charge in [0.15, 0.2) is 0 Å². The first-order valence-corrected chi connectivity index (χ1v) is 6.18. The van der Waals surface area contributed by atoms with E-state index < -0.39 is 5.54 Å². The van der Waals surface area contributed by atoms with Crippen LogP contribution < -0.4 is 11.1 Å². The van der Waals surface area contributed by atoms with Gasteiger partial charge in [-0.1, -0.05) is 36.5 Å². The predicted molar refractivity (Wildman–Crippen MR) is 72.6 cm³/mol. The quantitative estimate of drug-likeness (QED) is 0.884. The van der Waals surface area contributed by atoms with Crippen molar-refractivity contribution < 1.29 is 4.79 Å². The molecule has 17 heavy (non-hydrogen) atoms. The third-order valence-corrected chi connectivity index (χ3v) is 3.02. The number of nitrogens with two attached hydrogens (primary N) is 1. The van der Waals surface area contributed by atoms with Gasteiger partial charge in [0, 0.05) is 5.02 Å². The lowest BCUT2D eigenvalue weighted by atomic mass is 9.96. The van der Waals surface area contributed by atoms with Crippen LogP contribution in [-0.4, -0.2) is 11.4 Å². The summed E-state index contributed by atoms with van der Waals surface area (Å²) in [5.41, 5.74) is 5.55. The summed E-state index contributed by atoms with van der Waals surface area (Å²) in [5.74, 6) is -0.247. The van der Waals surface area contributed by atoms with E-state index in [1.165, 1.54) is 0 Å². The van der Waals surface area contributed by atoms with Gasteiger partial charge in [0.1, 0.15) is 0 Å². The molecule has 0 aromatic heterocycles. The predicted octanol–water partition coefficient (Wildman–Crippen LogP) is 3.45. The standard InChI is InChI=1S/C12H16Cl2N2O/c1-3-6-12(2,15)11(17)16-10-5-4-8(13)7-9(10)14/h4-5,7H,3,6,15H2,1-2H3,(H,16,17). The smallest absolute Gasteiger partial charge is 0.244 e. The third-order valence-electron chi connectivity index (χ3n) is 2.47. The van der Waals surface area contributed by atoms with Gasteiger partial charge in [-0.25, -0.2) is 0 Å². The van der Waals surface area contributed by atoms with Crippen LogP contribution in [0, 0.1) is 0 Å². The lowest BCUT2D eigenvalue weighted by Crippen LogP contribution is -2.48. The summed E-state index contributed by atoms with van der Waals surface area (Å²) in [6.07, 6.45) is 1.46. The largest absolute Gasteiger partial charge is 0.323 e. The number of halogens is 2. The Morgan fingerprint density at radius 2 is 2.12 bits per heavy atom. The Kier molecular flexibility index (Phi) is 4.80. The van der Waals surface area contributed by atoms with Crippen molar-refractivity contribution in [2.45, 2.75) is 32.2 Å². The number of hydrogen-bond acceptors (Lipinski definition) is 2. The van der Waals surface area contributed by atoms with Crippen molar-refractivity contribution in [3.63, 3.8) is 0 Å². The van der Waals surface area contributed by atoms with Crippen LogP contribution in [0.1, 0.15) is 26.7 Å². The van der Waals surface area contributed by atoms with E-state index in [0.29, 0.717) is 22.2 Å². The van der Waals surface area contributed by atoms with Crippen molar-refractivity contribution in [1.82, 2.24) is 0 Å². The van der Waals surface area contributed by atoms with Gasteiger partial charge in [0.25, 0.3) is 0 Å². The number of rotatable bonds is 4. The Bertz CT molecular complexity index is 419. The van der Waals surface area contributed by atoms with Crippen LogP contribution in [0.4, 0.5) is 5.69 Å². The molecule has 1 rings (SSSR count). The molecule has 0 fully saturated rings. The second kappa shape index (κ2) is 5.71. The van der Waals surface area contributed by atoms with E-state index in [2.05, 4.69) is 5.32 Å². The monoisotopic (exact) mass is 274 g/mol. The highest BCUT2D eigenvalue weighted by atomic mass is 35.5. The molecular formula is C12H16Cl2N2O. The molecule has 0 heterocycles. The Morgan fingerprint density at radius 1 is 1.47 bits per heavy atom. The number of nitrogens with one attached hydrogen (secondary N) is 1. The Labute approximate surface area is 111 Å². The molecule has 1 aromatic carbocycles. The van der Waals surface area contributed by atoms with Crippen LogP contribution in [0.15, 0.2) is 18.2 Å². The molecule has 1 atom stereocenters. The average Bonchev–Trinajstić information content (AvgIpc) is 2.22. The fourth-order valence-corrected chi connectivity index (χ4v) is 1.94. The molecule has 0 spiro atoms.